The third-order valence-corrected chi connectivity index (χ3v) is 13.5. The van der Waals surface area contributed by atoms with Gasteiger partial charge >= 0.3 is 0 Å². The molecule has 0 spiro atoms. The molecule has 0 bridgehead atoms. The van der Waals surface area contributed by atoms with E-state index < -0.39 is 5.41 Å². The van der Waals surface area contributed by atoms with Crippen LogP contribution in [-0.4, -0.2) is 0 Å². The number of nitrogens with zero attached hydrogens (tertiary/aromatic N) is 1. The Morgan fingerprint density at radius 2 is 0.967 bits per heavy atom. The molecule has 11 aromatic rings. The Labute approximate surface area is 365 Å². The molecule has 61 heavy (non-hydrogen) atoms. The van der Waals surface area contributed by atoms with E-state index >= 15 is 0 Å². The summed E-state index contributed by atoms with van der Waals surface area (Å²) in [6.45, 7) is 0. The summed E-state index contributed by atoms with van der Waals surface area (Å²) in [5.74, 6) is 0. The second-order valence-electron chi connectivity index (χ2n) is 15.7. The van der Waals surface area contributed by atoms with Gasteiger partial charge in [-0.15, -0.1) is 11.3 Å². The number of hydrogen-bond donors (Lipinski definition) is 0. The zero-order valence-corrected chi connectivity index (χ0v) is 33.9. The second kappa shape index (κ2) is 14.3. The van der Waals surface area contributed by atoms with E-state index in [-0.39, 0.29) is 35.4 Å². The van der Waals surface area contributed by atoms with Gasteiger partial charge in [0.1, 0.15) is 0 Å². The van der Waals surface area contributed by atoms with Gasteiger partial charge in [0.25, 0.3) is 0 Å². The fraction of sp³-hybridized carbons (Fsp3) is 0.0169. The van der Waals surface area contributed by atoms with Crippen LogP contribution in [0.3, 0.4) is 0 Å². The van der Waals surface area contributed by atoms with Crippen LogP contribution in [0.4, 0.5) is 17.1 Å². The van der Waals surface area contributed by atoms with Crippen LogP contribution in [0.1, 0.15) is 27.7 Å². The Kier molecular flexibility index (Phi) is 7.38. The smallest absolute Gasteiger partial charge is 0.0714 e. The molecule has 0 amide bonds. The molecule has 0 radical (unpaired) electrons. The van der Waals surface area contributed by atoms with Crippen LogP contribution in [-0.2, 0) is 5.41 Å². The van der Waals surface area contributed by atoms with Crippen LogP contribution in [0, 0.1) is 0 Å². The molecular weight excluding hydrogens is 755 g/mol. The molecule has 1 aromatic heterocycles. The van der Waals surface area contributed by atoms with Crippen molar-refractivity contribution in [3.05, 3.63) is 259 Å². The van der Waals surface area contributed by atoms with Gasteiger partial charge in [0.2, 0.25) is 0 Å². The van der Waals surface area contributed by atoms with Gasteiger partial charge in [-0.05, 0) is 115 Å². The highest BCUT2D eigenvalue weighted by molar-refractivity contribution is 7.25. The molecule has 2 heteroatoms. The van der Waals surface area contributed by atoms with Gasteiger partial charge in [-0.25, -0.2) is 0 Å². The highest BCUT2D eigenvalue weighted by atomic mass is 32.1. The Morgan fingerprint density at radius 3 is 1.79 bits per heavy atom. The van der Waals surface area contributed by atoms with Crippen LogP contribution in [0.25, 0.3) is 64.3 Å². The van der Waals surface area contributed by atoms with Crippen molar-refractivity contribution in [3.63, 3.8) is 0 Å². The quantitative estimate of drug-likeness (QED) is 0.155. The predicted molar refractivity (Wildman–Crippen MR) is 260 cm³/mol. The Morgan fingerprint density at radius 1 is 0.377 bits per heavy atom. The summed E-state index contributed by atoms with van der Waals surface area (Å²) < 4.78 is 41.7. The van der Waals surface area contributed by atoms with E-state index in [0.717, 1.165) is 61.1 Å². The van der Waals surface area contributed by atoms with E-state index in [9.17, 15) is 5.48 Å². The number of fused-ring (bicyclic) bond motifs is 7. The van der Waals surface area contributed by atoms with Crippen molar-refractivity contribution in [3.8, 4) is 33.4 Å². The zero-order valence-electron chi connectivity index (χ0n) is 37.1. The van der Waals surface area contributed by atoms with E-state index in [1.54, 1.807) is 11.3 Å². The second-order valence-corrected chi connectivity index (χ2v) is 16.8. The summed E-state index contributed by atoms with van der Waals surface area (Å²) in [6, 6.07) is 73.0. The van der Waals surface area contributed by atoms with E-state index in [4.69, 9.17) is 0 Å². The van der Waals surface area contributed by atoms with Crippen molar-refractivity contribution in [1.29, 1.82) is 0 Å². The fourth-order valence-corrected chi connectivity index (χ4v) is 10.9. The summed E-state index contributed by atoms with van der Waals surface area (Å²) in [6.07, 6.45) is 0. The Balaban J connectivity index is 1.14. The molecule has 0 aliphatic heterocycles. The van der Waals surface area contributed by atoms with Crippen LogP contribution < -0.4 is 4.90 Å². The first kappa shape index (κ1) is 31.4. The molecule has 1 aliphatic rings. The lowest BCUT2D eigenvalue weighted by Crippen LogP contribution is -2.28. The van der Waals surface area contributed by atoms with Gasteiger partial charge < -0.3 is 4.90 Å². The first-order valence-electron chi connectivity index (χ1n) is 22.7. The normalized spacial score (nSPS) is 13.6. The number of hydrogen-bond acceptors (Lipinski definition) is 2. The topological polar surface area (TPSA) is 3.24 Å². The van der Waals surface area contributed by atoms with Gasteiger partial charge in [-0.2, -0.15) is 0 Å². The van der Waals surface area contributed by atoms with Gasteiger partial charge in [0.15, 0.2) is 0 Å². The van der Waals surface area contributed by atoms with Crippen LogP contribution in [0.15, 0.2) is 236 Å². The molecule has 0 unspecified atom stereocenters. The highest BCUT2D eigenvalue weighted by Crippen LogP contribution is 2.57. The molecule has 12 rings (SSSR count). The van der Waals surface area contributed by atoms with Crippen molar-refractivity contribution >= 4 is 59.3 Å². The Hall–Kier alpha value is -7.52. The number of rotatable bonds is 7. The van der Waals surface area contributed by atoms with Gasteiger partial charge in [-0.1, -0.05) is 188 Å². The van der Waals surface area contributed by atoms with Crippen molar-refractivity contribution in [2.45, 2.75) is 5.41 Å². The minimum atomic E-state index is -0.694. The summed E-state index contributed by atoms with van der Waals surface area (Å²) in [4.78, 5) is 1.95. The van der Waals surface area contributed by atoms with Crippen molar-refractivity contribution in [2.24, 2.45) is 0 Å². The van der Waals surface area contributed by atoms with E-state index in [1.165, 1.54) is 25.7 Å². The van der Waals surface area contributed by atoms with Gasteiger partial charge in [-0.3, -0.25) is 0 Å². The maximum atomic E-state index is 9.93. The molecule has 0 N–H and O–H groups in total. The van der Waals surface area contributed by atoms with Crippen LogP contribution in [0.2, 0.25) is 0 Å². The largest absolute Gasteiger partial charge is 0.310 e. The number of benzene rings is 10. The molecule has 0 saturated carbocycles. The number of anilines is 3. The summed E-state index contributed by atoms with van der Waals surface area (Å²) in [5, 5.41) is 4.23. The maximum absolute atomic E-state index is 9.93. The monoisotopic (exact) mass is 797 g/mol. The molecule has 0 atom stereocenters. The zero-order chi connectivity index (χ0) is 43.8. The highest BCUT2D eigenvalue weighted by Gasteiger charge is 2.46. The van der Waals surface area contributed by atoms with E-state index in [2.05, 4.69) is 158 Å². The maximum Gasteiger partial charge on any atom is 0.0714 e. The van der Waals surface area contributed by atoms with Crippen molar-refractivity contribution < 1.29 is 5.48 Å². The lowest BCUT2D eigenvalue weighted by atomic mass is 9.67. The van der Waals surface area contributed by atoms with Gasteiger partial charge in [0, 0.05) is 37.2 Å². The van der Waals surface area contributed by atoms with E-state index in [0.29, 0.717) is 5.56 Å². The molecular formula is C59H39NS. The average molecular weight is 798 g/mol. The summed E-state index contributed by atoms with van der Waals surface area (Å²) in [5.41, 5.74) is 10.7. The minimum Gasteiger partial charge on any atom is -0.310 e. The third-order valence-electron chi connectivity index (χ3n) is 12.4. The van der Waals surface area contributed by atoms with Crippen LogP contribution >= 0.6 is 11.3 Å². The molecule has 286 valence electrons. The molecule has 1 nitrogen and oxygen atoms in total. The third kappa shape index (κ3) is 5.60. The lowest BCUT2D eigenvalue weighted by Gasteiger charge is -2.35. The Bertz CT molecular complexity index is 3600. The van der Waals surface area contributed by atoms with Crippen LogP contribution in [0.5, 0.6) is 0 Å². The molecule has 1 aliphatic carbocycles. The summed E-state index contributed by atoms with van der Waals surface area (Å²) >= 11 is 1.78. The predicted octanol–water partition coefficient (Wildman–Crippen LogP) is 16.4. The average Bonchev–Trinajstić information content (AvgIpc) is 3.89. The fourth-order valence-electron chi connectivity index (χ4n) is 9.80. The molecule has 10 aromatic carbocycles. The SMILES string of the molecule is [2H]c1c([2H])c(N(c2cccc(-c3cccc4sc5ccccc5c34)c2)c2ccc3c(c2)C(c2ccccc2)(c2ccccc2)c2ccccc2-3)c([2H])c([2H])c1-c1cccc2ccccc12. The molecule has 0 saturated heterocycles. The minimum absolute atomic E-state index is 0.0931. The van der Waals surface area contributed by atoms with Gasteiger partial charge in [0.05, 0.1) is 10.9 Å². The first-order chi connectivity index (χ1) is 31.9. The number of thiophene rings is 1. The lowest BCUT2D eigenvalue weighted by molar-refractivity contribution is 0.768. The standard InChI is InChI=1S/C59H39NS/c1-3-19-43(20-4-1)59(44-21-5-2-6-22-44)54-29-11-9-25-51(54)52-37-36-47(39-55(52)59)60(45-34-32-41(33-35-45)49-27-14-17-40-16-7-8-24-48(40)49)46-23-13-18-42(38-46)50-28-15-31-57-58(50)53-26-10-12-30-56(53)61-57/h1-39H/i32D,33D,34D,35D. The molecule has 0 fully saturated rings. The summed E-state index contributed by atoms with van der Waals surface area (Å²) in [7, 11) is 0. The molecule has 1 heterocycles. The van der Waals surface area contributed by atoms with E-state index in [1.807, 2.05) is 59.5 Å². The van der Waals surface area contributed by atoms with Crippen molar-refractivity contribution in [1.82, 2.24) is 0 Å². The first-order valence-corrected chi connectivity index (χ1v) is 21.5. The van der Waals surface area contributed by atoms with Crippen molar-refractivity contribution in [2.75, 3.05) is 4.90 Å².